The maximum atomic E-state index is 12.2. The minimum absolute atomic E-state index is 1.47. The Kier molecular flexibility index (Phi) is 4.58. The molecule has 0 spiro atoms. The Morgan fingerprint density at radius 2 is 1.00 bits per heavy atom. The van der Waals surface area contributed by atoms with E-state index in [-0.39, 0.29) is 0 Å². The largest absolute Gasteiger partial charge is 0.462 e. The Balaban J connectivity index is 5.39. The lowest BCUT2D eigenvalue weighted by atomic mass is 10.3. The third-order valence-electron chi connectivity index (χ3n) is 1.57. The van der Waals surface area contributed by atoms with Crippen LogP contribution in [-0.4, -0.2) is 36.7 Å². The van der Waals surface area contributed by atoms with E-state index >= 15 is 0 Å². The Hall–Kier alpha value is -0.950. The summed E-state index contributed by atoms with van der Waals surface area (Å²) in [5.41, 5.74) is 0. The summed E-state index contributed by atoms with van der Waals surface area (Å²) in [5.74, 6) is -7.27. The van der Waals surface area contributed by atoms with Gasteiger partial charge in [-0.2, -0.15) is 52.7 Å². The number of alkyl halides is 13. The molecule has 0 saturated heterocycles. The lowest BCUT2D eigenvalue weighted by molar-refractivity contribution is -0.486. The molecule has 1 unspecified atom stereocenters. The number of ether oxygens (including phenoxy) is 1. The minimum Gasteiger partial charge on any atom is -0.247 e. The molecule has 0 aromatic heterocycles. The normalized spacial score (nSPS) is 17.2. The van der Waals surface area contributed by atoms with E-state index in [1.54, 1.807) is 0 Å². The summed E-state index contributed by atoms with van der Waals surface area (Å²) in [7, 11) is 0. The molecule has 0 aliphatic heterocycles. The fraction of sp³-hybridized carbons (Fsp3) is 1.00. The summed E-state index contributed by atoms with van der Waals surface area (Å²) in [6.07, 6.45) is -33.0. The van der Waals surface area contributed by atoms with Gasteiger partial charge in [0.05, 0.1) is 0 Å². The molecule has 0 amide bonds. The predicted octanol–water partition coefficient (Wildman–Crippen LogP) is 4.29. The first-order valence-corrected chi connectivity index (χ1v) is 3.97. The average molecular weight is 336 g/mol. The van der Waals surface area contributed by atoms with Gasteiger partial charge in [-0.1, -0.05) is 0 Å². The quantitative estimate of drug-likeness (QED) is 0.696. The SMILES string of the molecule is FC(C(F)(F)F)C(F)(F)OC(F)(F)C(F)(F)C(F)(F)F. The lowest BCUT2D eigenvalue weighted by Crippen LogP contribution is -2.58. The van der Waals surface area contributed by atoms with E-state index in [1.807, 2.05) is 0 Å². The van der Waals surface area contributed by atoms with E-state index in [2.05, 4.69) is 0 Å². The van der Waals surface area contributed by atoms with Gasteiger partial charge in [0.15, 0.2) is 0 Å². The molecule has 0 aliphatic carbocycles. The van der Waals surface area contributed by atoms with Crippen molar-refractivity contribution in [2.24, 2.45) is 0 Å². The van der Waals surface area contributed by atoms with Crippen molar-refractivity contribution in [1.29, 1.82) is 0 Å². The van der Waals surface area contributed by atoms with E-state index in [9.17, 15) is 57.1 Å². The number of hydrogen-bond donors (Lipinski definition) is 0. The lowest BCUT2D eigenvalue weighted by Gasteiger charge is -2.31. The second-order valence-electron chi connectivity index (χ2n) is 3.16. The second kappa shape index (κ2) is 4.80. The van der Waals surface area contributed by atoms with Crippen LogP contribution in [0.15, 0.2) is 0 Å². The van der Waals surface area contributed by atoms with Crippen molar-refractivity contribution in [3.8, 4) is 0 Å². The third-order valence-corrected chi connectivity index (χ3v) is 1.57. The summed E-state index contributed by atoms with van der Waals surface area (Å²) in [4.78, 5) is 0. The summed E-state index contributed by atoms with van der Waals surface area (Å²) in [5, 5.41) is 0. The summed E-state index contributed by atoms with van der Waals surface area (Å²) < 4.78 is 155. The molecule has 0 aromatic carbocycles. The zero-order valence-electron chi connectivity index (χ0n) is 8.40. The molecule has 20 heavy (non-hydrogen) atoms. The average Bonchev–Trinajstić information content (AvgIpc) is 2.11. The van der Waals surface area contributed by atoms with Crippen molar-refractivity contribution in [2.45, 2.75) is 36.7 Å². The van der Waals surface area contributed by atoms with Crippen molar-refractivity contribution in [2.75, 3.05) is 0 Å². The van der Waals surface area contributed by atoms with Gasteiger partial charge in [-0.15, -0.1) is 0 Å². The number of hydrogen-bond acceptors (Lipinski definition) is 1. The molecular formula is C6HF13O. The van der Waals surface area contributed by atoms with Gasteiger partial charge in [0, 0.05) is 0 Å². The molecule has 0 saturated carbocycles. The van der Waals surface area contributed by atoms with Gasteiger partial charge in [0.2, 0.25) is 0 Å². The topological polar surface area (TPSA) is 9.23 Å². The van der Waals surface area contributed by atoms with Crippen LogP contribution >= 0.6 is 0 Å². The van der Waals surface area contributed by atoms with Gasteiger partial charge in [0.25, 0.3) is 6.17 Å². The molecule has 0 heterocycles. The van der Waals surface area contributed by atoms with Gasteiger partial charge in [-0.25, -0.2) is 9.13 Å². The van der Waals surface area contributed by atoms with Crippen LogP contribution in [0.4, 0.5) is 57.1 Å². The van der Waals surface area contributed by atoms with Gasteiger partial charge in [-0.3, -0.25) is 0 Å². The highest BCUT2D eigenvalue weighted by Gasteiger charge is 2.77. The standard InChI is InChI=1S/C6HF13O/c7-1(2(8,9)10)3(11,12)20-6(18,19)4(13,14)5(15,16)17/h1H. The maximum Gasteiger partial charge on any atom is 0.462 e. The van der Waals surface area contributed by atoms with Gasteiger partial charge >= 0.3 is 30.5 Å². The van der Waals surface area contributed by atoms with Crippen molar-refractivity contribution in [3.05, 3.63) is 0 Å². The zero-order chi connectivity index (χ0) is 16.8. The summed E-state index contributed by atoms with van der Waals surface area (Å²) in [6.45, 7) is 0. The maximum absolute atomic E-state index is 12.2. The molecule has 0 N–H and O–H groups in total. The van der Waals surface area contributed by atoms with E-state index in [0.717, 1.165) is 0 Å². The molecule has 0 fully saturated rings. The van der Waals surface area contributed by atoms with Crippen molar-refractivity contribution in [3.63, 3.8) is 0 Å². The number of halogens is 13. The third kappa shape index (κ3) is 3.58. The molecule has 0 aliphatic rings. The molecule has 0 bridgehead atoms. The first-order chi connectivity index (χ1) is 8.36. The monoisotopic (exact) mass is 336 g/mol. The van der Waals surface area contributed by atoms with Crippen molar-refractivity contribution < 1.29 is 61.8 Å². The summed E-state index contributed by atoms with van der Waals surface area (Å²) >= 11 is 0. The molecule has 0 aromatic rings. The van der Waals surface area contributed by atoms with Crippen LogP contribution < -0.4 is 0 Å². The molecule has 0 rings (SSSR count). The fourth-order valence-corrected chi connectivity index (χ4v) is 0.642. The van der Waals surface area contributed by atoms with E-state index in [4.69, 9.17) is 0 Å². The van der Waals surface area contributed by atoms with Crippen LogP contribution in [0.3, 0.4) is 0 Å². The van der Waals surface area contributed by atoms with Gasteiger partial charge in [0.1, 0.15) is 0 Å². The fourth-order valence-electron chi connectivity index (χ4n) is 0.642. The highest BCUT2D eigenvalue weighted by molar-refractivity contribution is 4.87. The first-order valence-electron chi connectivity index (χ1n) is 3.97. The molecule has 14 heteroatoms. The van der Waals surface area contributed by atoms with Crippen molar-refractivity contribution in [1.82, 2.24) is 0 Å². The smallest absolute Gasteiger partial charge is 0.247 e. The Labute approximate surface area is 99.8 Å². The highest BCUT2D eigenvalue weighted by atomic mass is 19.4. The minimum atomic E-state index is -7.27. The molecular weight excluding hydrogens is 335 g/mol. The Morgan fingerprint density at radius 1 is 0.650 bits per heavy atom. The molecule has 1 atom stereocenters. The van der Waals surface area contributed by atoms with Gasteiger partial charge < -0.3 is 0 Å². The van der Waals surface area contributed by atoms with E-state index < -0.39 is 36.7 Å². The first kappa shape index (κ1) is 19.1. The molecule has 122 valence electrons. The molecule has 0 radical (unpaired) electrons. The molecule has 1 nitrogen and oxygen atoms in total. The highest BCUT2D eigenvalue weighted by Crippen LogP contribution is 2.50. The van der Waals surface area contributed by atoms with E-state index in [1.165, 1.54) is 4.74 Å². The van der Waals surface area contributed by atoms with Crippen LogP contribution in [-0.2, 0) is 4.74 Å². The van der Waals surface area contributed by atoms with Crippen LogP contribution in [0.2, 0.25) is 0 Å². The number of rotatable bonds is 4. The Morgan fingerprint density at radius 3 is 1.25 bits per heavy atom. The van der Waals surface area contributed by atoms with Crippen LogP contribution in [0.25, 0.3) is 0 Å². The predicted molar refractivity (Wildman–Crippen MR) is 32.9 cm³/mol. The van der Waals surface area contributed by atoms with Crippen LogP contribution in [0.5, 0.6) is 0 Å². The Bertz CT molecular complexity index is 338. The van der Waals surface area contributed by atoms with E-state index in [0.29, 0.717) is 0 Å². The van der Waals surface area contributed by atoms with Gasteiger partial charge in [-0.05, 0) is 0 Å². The summed E-state index contributed by atoms with van der Waals surface area (Å²) in [6, 6.07) is 0. The van der Waals surface area contributed by atoms with Crippen LogP contribution in [0, 0.1) is 0 Å². The van der Waals surface area contributed by atoms with Crippen LogP contribution in [0.1, 0.15) is 0 Å². The second-order valence-corrected chi connectivity index (χ2v) is 3.16. The zero-order valence-corrected chi connectivity index (χ0v) is 8.40. The van der Waals surface area contributed by atoms with Crippen molar-refractivity contribution >= 4 is 0 Å².